The van der Waals surface area contributed by atoms with Gasteiger partial charge in [0.25, 0.3) is 0 Å². The molecule has 114 valence electrons. The first-order valence-corrected chi connectivity index (χ1v) is 7.48. The van der Waals surface area contributed by atoms with Crippen LogP contribution in [0.25, 0.3) is 0 Å². The number of benzene rings is 1. The summed E-state index contributed by atoms with van der Waals surface area (Å²) in [5.74, 6) is 0.592. The fraction of sp³-hybridized carbons (Fsp3) is 0.467. The van der Waals surface area contributed by atoms with E-state index in [1.165, 1.54) is 0 Å². The zero-order chi connectivity index (χ0) is 15.2. The number of esters is 1. The number of halogens is 1. The molecule has 5 nitrogen and oxygen atoms in total. The Labute approximate surface area is 129 Å². The zero-order valence-electron chi connectivity index (χ0n) is 11.8. The molecule has 0 spiro atoms. The van der Waals surface area contributed by atoms with Crippen LogP contribution in [-0.4, -0.2) is 18.5 Å². The van der Waals surface area contributed by atoms with Gasteiger partial charge in [-0.3, -0.25) is 10.2 Å². The van der Waals surface area contributed by atoms with Crippen LogP contribution in [0.15, 0.2) is 24.3 Å². The van der Waals surface area contributed by atoms with Crippen molar-refractivity contribution in [3.8, 4) is 5.75 Å². The molecule has 0 unspecified atom stereocenters. The number of carbonyl (C=O) groups is 1. The van der Waals surface area contributed by atoms with E-state index in [9.17, 15) is 4.79 Å². The van der Waals surface area contributed by atoms with Gasteiger partial charge in [-0.05, 0) is 43.7 Å². The monoisotopic (exact) mass is 309 g/mol. The summed E-state index contributed by atoms with van der Waals surface area (Å²) in [5.41, 5.74) is 5.27. The average molecular weight is 310 g/mol. The third-order valence-electron chi connectivity index (χ3n) is 3.81. The Morgan fingerprint density at radius 1 is 1.33 bits per heavy atom. The molecule has 21 heavy (non-hydrogen) atoms. The highest BCUT2D eigenvalue weighted by molar-refractivity contribution is 6.32. The Bertz CT molecular complexity index is 513. The number of nitrogens with two attached hydrogens (primary N) is 1. The van der Waals surface area contributed by atoms with Crippen LogP contribution < -0.4 is 15.8 Å². The first kappa shape index (κ1) is 15.6. The molecule has 1 aliphatic carbocycles. The maximum absolute atomic E-state index is 12.1. The molecule has 2 rings (SSSR count). The molecular formula is C15H20ClN3O2. The van der Waals surface area contributed by atoms with Crippen molar-refractivity contribution in [1.29, 1.82) is 5.41 Å². The summed E-state index contributed by atoms with van der Waals surface area (Å²) >= 11 is 5.98. The van der Waals surface area contributed by atoms with Crippen LogP contribution in [-0.2, 0) is 4.79 Å². The van der Waals surface area contributed by atoms with Gasteiger partial charge in [0.2, 0.25) is 0 Å². The number of nitrogens with one attached hydrogen (secondary N) is 2. The summed E-state index contributed by atoms with van der Waals surface area (Å²) in [6.07, 6.45) is 3.46. The van der Waals surface area contributed by atoms with Gasteiger partial charge in [0.1, 0.15) is 5.75 Å². The quantitative estimate of drug-likeness (QED) is 0.345. The van der Waals surface area contributed by atoms with Crippen molar-refractivity contribution in [2.45, 2.75) is 25.7 Å². The highest BCUT2D eigenvalue weighted by Crippen LogP contribution is 2.31. The van der Waals surface area contributed by atoms with Crippen molar-refractivity contribution < 1.29 is 9.53 Å². The van der Waals surface area contributed by atoms with Gasteiger partial charge in [0, 0.05) is 6.54 Å². The molecule has 6 heteroatoms. The van der Waals surface area contributed by atoms with Crippen LogP contribution >= 0.6 is 11.6 Å². The molecule has 1 aliphatic rings. The number of ether oxygens (including phenoxy) is 1. The molecule has 1 saturated carbocycles. The Hall–Kier alpha value is -1.75. The summed E-state index contributed by atoms with van der Waals surface area (Å²) in [5, 5.41) is 10.4. The van der Waals surface area contributed by atoms with Crippen molar-refractivity contribution >= 4 is 23.5 Å². The largest absolute Gasteiger partial charge is 0.425 e. The van der Waals surface area contributed by atoms with E-state index < -0.39 is 0 Å². The van der Waals surface area contributed by atoms with Gasteiger partial charge in [-0.1, -0.05) is 23.7 Å². The fourth-order valence-corrected chi connectivity index (χ4v) is 2.75. The molecule has 1 fully saturated rings. The van der Waals surface area contributed by atoms with E-state index in [1.807, 2.05) is 0 Å². The Balaban J connectivity index is 1.81. The SMILES string of the molecule is N=C(N)NC[C@H]1CC[C@H](C(=O)Oc2ccccc2Cl)CC1. The van der Waals surface area contributed by atoms with Gasteiger partial charge in [0.15, 0.2) is 5.96 Å². The van der Waals surface area contributed by atoms with Crippen molar-refractivity contribution in [2.75, 3.05) is 6.54 Å². The number of hydrogen-bond donors (Lipinski definition) is 3. The molecule has 0 aromatic heterocycles. The molecule has 1 aromatic carbocycles. The van der Waals surface area contributed by atoms with Crippen LogP contribution in [0.4, 0.5) is 0 Å². The molecule has 0 aliphatic heterocycles. The second-order valence-corrected chi connectivity index (χ2v) is 5.77. The van der Waals surface area contributed by atoms with Crippen LogP contribution in [0.2, 0.25) is 5.02 Å². The maximum Gasteiger partial charge on any atom is 0.314 e. The number of guanidine groups is 1. The van der Waals surface area contributed by atoms with Crippen LogP contribution in [0.1, 0.15) is 25.7 Å². The Kier molecular flexibility index (Phi) is 5.44. The van der Waals surface area contributed by atoms with Crippen LogP contribution in [0, 0.1) is 17.2 Å². The third kappa shape index (κ3) is 4.63. The predicted molar refractivity (Wildman–Crippen MR) is 82.5 cm³/mol. The van der Waals surface area contributed by atoms with Gasteiger partial charge in [-0.15, -0.1) is 0 Å². The molecule has 0 heterocycles. The standard InChI is InChI=1S/C15H20ClN3O2/c16-12-3-1-2-4-13(12)21-14(20)11-7-5-10(6-8-11)9-19-15(17)18/h1-4,10-11H,5-9H2,(H4,17,18,19)/t10-,11-. The lowest BCUT2D eigenvalue weighted by atomic mass is 9.82. The topological polar surface area (TPSA) is 88.2 Å². The molecule has 0 radical (unpaired) electrons. The Morgan fingerprint density at radius 3 is 2.62 bits per heavy atom. The Morgan fingerprint density at radius 2 is 2.00 bits per heavy atom. The predicted octanol–water partition coefficient (Wildman–Crippen LogP) is 2.53. The molecule has 0 atom stereocenters. The molecule has 0 bridgehead atoms. The average Bonchev–Trinajstić information content (AvgIpc) is 2.48. The highest BCUT2D eigenvalue weighted by Gasteiger charge is 2.28. The van der Waals surface area contributed by atoms with Crippen molar-refractivity contribution in [1.82, 2.24) is 5.32 Å². The lowest BCUT2D eigenvalue weighted by Gasteiger charge is -2.27. The van der Waals surface area contributed by atoms with Crippen molar-refractivity contribution in [3.63, 3.8) is 0 Å². The first-order valence-electron chi connectivity index (χ1n) is 7.10. The lowest BCUT2D eigenvalue weighted by Crippen LogP contribution is -2.36. The number of rotatable bonds is 4. The fourth-order valence-electron chi connectivity index (χ4n) is 2.58. The lowest BCUT2D eigenvalue weighted by molar-refractivity contribution is -0.140. The first-order chi connectivity index (χ1) is 10.1. The molecule has 0 saturated heterocycles. The van der Waals surface area contributed by atoms with Gasteiger partial charge in [-0.2, -0.15) is 0 Å². The minimum Gasteiger partial charge on any atom is -0.425 e. The third-order valence-corrected chi connectivity index (χ3v) is 4.12. The second kappa shape index (κ2) is 7.31. The maximum atomic E-state index is 12.1. The zero-order valence-corrected chi connectivity index (χ0v) is 12.5. The molecule has 0 amide bonds. The number of carbonyl (C=O) groups excluding carboxylic acids is 1. The van der Waals surface area contributed by atoms with E-state index in [-0.39, 0.29) is 17.8 Å². The smallest absolute Gasteiger partial charge is 0.314 e. The van der Waals surface area contributed by atoms with Gasteiger partial charge >= 0.3 is 5.97 Å². The summed E-state index contributed by atoms with van der Waals surface area (Å²) < 4.78 is 5.38. The summed E-state index contributed by atoms with van der Waals surface area (Å²) in [4.78, 5) is 12.1. The van der Waals surface area contributed by atoms with E-state index in [2.05, 4.69) is 5.32 Å². The summed E-state index contributed by atoms with van der Waals surface area (Å²) in [6, 6.07) is 6.99. The molecule has 1 aromatic rings. The summed E-state index contributed by atoms with van der Waals surface area (Å²) in [6.45, 7) is 0.696. The van der Waals surface area contributed by atoms with E-state index in [0.29, 0.717) is 23.2 Å². The van der Waals surface area contributed by atoms with Gasteiger partial charge in [0.05, 0.1) is 10.9 Å². The van der Waals surface area contributed by atoms with E-state index in [1.54, 1.807) is 24.3 Å². The normalized spacial score (nSPS) is 21.6. The molecule has 4 N–H and O–H groups in total. The van der Waals surface area contributed by atoms with Gasteiger partial charge in [-0.25, -0.2) is 0 Å². The number of para-hydroxylation sites is 1. The van der Waals surface area contributed by atoms with Crippen molar-refractivity contribution in [2.24, 2.45) is 17.6 Å². The minimum absolute atomic E-state index is 0.00440. The van der Waals surface area contributed by atoms with E-state index in [0.717, 1.165) is 25.7 Å². The van der Waals surface area contributed by atoms with E-state index in [4.69, 9.17) is 27.5 Å². The minimum atomic E-state index is -0.207. The second-order valence-electron chi connectivity index (χ2n) is 5.36. The summed E-state index contributed by atoms with van der Waals surface area (Å²) in [7, 11) is 0. The highest BCUT2D eigenvalue weighted by atomic mass is 35.5. The van der Waals surface area contributed by atoms with E-state index >= 15 is 0 Å². The number of hydrogen-bond acceptors (Lipinski definition) is 3. The van der Waals surface area contributed by atoms with Crippen LogP contribution in [0.3, 0.4) is 0 Å². The van der Waals surface area contributed by atoms with Crippen molar-refractivity contribution in [3.05, 3.63) is 29.3 Å². The van der Waals surface area contributed by atoms with Gasteiger partial charge < -0.3 is 15.8 Å². The van der Waals surface area contributed by atoms with Crippen LogP contribution in [0.5, 0.6) is 5.75 Å². The molecular weight excluding hydrogens is 290 g/mol.